The summed E-state index contributed by atoms with van der Waals surface area (Å²) in [4.78, 5) is 30.9. The van der Waals surface area contributed by atoms with E-state index in [2.05, 4.69) is 10.3 Å². The molecule has 0 aliphatic carbocycles. The lowest BCUT2D eigenvalue weighted by Crippen LogP contribution is -2.36. The van der Waals surface area contributed by atoms with Gasteiger partial charge in [-0.05, 0) is 32.4 Å². The van der Waals surface area contributed by atoms with Crippen LogP contribution in [0.3, 0.4) is 0 Å². The van der Waals surface area contributed by atoms with Crippen LogP contribution in [0.2, 0.25) is 0 Å². The Morgan fingerprint density at radius 2 is 2.00 bits per heavy atom. The number of rotatable bonds is 8. The second-order valence-electron chi connectivity index (χ2n) is 6.95. The van der Waals surface area contributed by atoms with Crippen molar-refractivity contribution in [3.8, 4) is 11.5 Å². The number of methoxy groups -OCH3 is 2. The average Bonchev–Trinajstić information content (AvgIpc) is 3.11. The molecule has 1 unspecified atom stereocenters. The standard InChI is InChI=1S/C21H27N3O5/c1-5-29-21(26)14-11-22-20-16(28-4)9-8-15(27-3)18(20)19(14)23-13(2)12-24-10-6-7-17(24)25/h8-9,11,13H,5-7,10,12H2,1-4H3,(H,22,23). The Morgan fingerprint density at radius 1 is 1.28 bits per heavy atom. The van der Waals surface area contributed by atoms with Gasteiger partial charge in [0.05, 0.1) is 31.9 Å². The van der Waals surface area contributed by atoms with E-state index in [1.54, 1.807) is 33.3 Å². The summed E-state index contributed by atoms with van der Waals surface area (Å²) < 4.78 is 16.2. The molecule has 8 nitrogen and oxygen atoms in total. The Morgan fingerprint density at radius 3 is 2.62 bits per heavy atom. The monoisotopic (exact) mass is 401 g/mol. The molecule has 0 radical (unpaired) electrons. The van der Waals surface area contributed by atoms with Crippen LogP contribution in [0.1, 0.15) is 37.0 Å². The predicted octanol–water partition coefficient (Wildman–Crippen LogP) is 2.85. The third-order valence-corrected chi connectivity index (χ3v) is 4.94. The van der Waals surface area contributed by atoms with Crippen LogP contribution in [0, 0.1) is 0 Å². The third-order valence-electron chi connectivity index (χ3n) is 4.94. The minimum Gasteiger partial charge on any atom is -0.496 e. The van der Waals surface area contributed by atoms with E-state index in [0.29, 0.717) is 46.6 Å². The van der Waals surface area contributed by atoms with Gasteiger partial charge in [0.15, 0.2) is 0 Å². The molecule has 1 amide bonds. The zero-order valence-electron chi connectivity index (χ0n) is 17.3. The highest BCUT2D eigenvalue weighted by atomic mass is 16.5. The first kappa shape index (κ1) is 20.7. The molecule has 3 rings (SSSR count). The maximum Gasteiger partial charge on any atom is 0.341 e. The van der Waals surface area contributed by atoms with Crippen molar-refractivity contribution in [2.24, 2.45) is 0 Å². The fraction of sp³-hybridized carbons (Fsp3) is 0.476. The van der Waals surface area contributed by atoms with E-state index in [1.807, 2.05) is 11.8 Å². The molecule has 0 saturated carbocycles. The van der Waals surface area contributed by atoms with Crippen LogP contribution < -0.4 is 14.8 Å². The molecule has 156 valence electrons. The van der Waals surface area contributed by atoms with Gasteiger partial charge in [0.2, 0.25) is 5.91 Å². The van der Waals surface area contributed by atoms with Crippen LogP contribution >= 0.6 is 0 Å². The predicted molar refractivity (Wildman–Crippen MR) is 110 cm³/mol. The molecule has 1 aromatic heterocycles. The number of esters is 1. The molecule has 8 heteroatoms. The van der Waals surface area contributed by atoms with Gasteiger partial charge >= 0.3 is 5.97 Å². The van der Waals surface area contributed by atoms with Crippen LogP contribution in [0.4, 0.5) is 5.69 Å². The van der Waals surface area contributed by atoms with Gasteiger partial charge in [-0.15, -0.1) is 0 Å². The van der Waals surface area contributed by atoms with Crippen LogP contribution in [0.5, 0.6) is 11.5 Å². The van der Waals surface area contributed by atoms with Crippen LogP contribution in [-0.2, 0) is 9.53 Å². The number of hydrogen-bond acceptors (Lipinski definition) is 7. The number of fused-ring (bicyclic) bond motifs is 1. The first-order chi connectivity index (χ1) is 14.0. The zero-order valence-corrected chi connectivity index (χ0v) is 17.3. The van der Waals surface area contributed by atoms with E-state index in [4.69, 9.17) is 14.2 Å². The highest BCUT2D eigenvalue weighted by Gasteiger charge is 2.25. The lowest BCUT2D eigenvalue weighted by molar-refractivity contribution is -0.127. The number of aromatic nitrogens is 1. The number of carbonyl (C=O) groups is 2. The van der Waals surface area contributed by atoms with Gasteiger partial charge in [-0.1, -0.05) is 0 Å². The van der Waals surface area contributed by atoms with E-state index in [9.17, 15) is 9.59 Å². The molecular weight excluding hydrogens is 374 g/mol. The quantitative estimate of drug-likeness (QED) is 0.680. The molecule has 1 atom stereocenters. The highest BCUT2D eigenvalue weighted by Crippen LogP contribution is 2.39. The van der Waals surface area contributed by atoms with E-state index < -0.39 is 5.97 Å². The van der Waals surface area contributed by atoms with Crippen molar-refractivity contribution in [3.05, 3.63) is 23.9 Å². The largest absolute Gasteiger partial charge is 0.496 e. The summed E-state index contributed by atoms with van der Waals surface area (Å²) in [5, 5.41) is 4.03. The summed E-state index contributed by atoms with van der Waals surface area (Å²) in [7, 11) is 3.13. The summed E-state index contributed by atoms with van der Waals surface area (Å²) in [6.45, 7) is 5.27. The summed E-state index contributed by atoms with van der Waals surface area (Å²) >= 11 is 0. The number of amides is 1. The number of nitrogens with one attached hydrogen (secondary N) is 1. The second kappa shape index (κ2) is 8.98. The number of pyridine rings is 1. The van der Waals surface area contributed by atoms with E-state index >= 15 is 0 Å². The summed E-state index contributed by atoms with van der Waals surface area (Å²) in [6, 6.07) is 3.44. The summed E-state index contributed by atoms with van der Waals surface area (Å²) in [6.07, 6.45) is 2.95. The molecule has 1 aliphatic rings. The van der Waals surface area contributed by atoms with Crippen molar-refractivity contribution in [2.75, 3.05) is 39.2 Å². The van der Waals surface area contributed by atoms with Gasteiger partial charge in [0, 0.05) is 31.7 Å². The van der Waals surface area contributed by atoms with Crippen LogP contribution in [0.25, 0.3) is 10.9 Å². The maximum absolute atomic E-state index is 12.6. The van der Waals surface area contributed by atoms with E-state index in [0.717, 1.165) is 13.0 Å². The second-order valence-corrected chi connectivity index (χ2v) is 6.95. The molecule has 2 heterocycles. The fourth-order valence-electron chi connectivity index (χ4n) is 3.62. The highest BCUT2D eigenvalue weighted by molar-refractivity contribution is 6.08. The summed E-state index contributed by atoms with van der Waals surface area (Å²) in [5.74, 6) is 0.815. The molecule has 0 bridgehead atoms. The smallest absolute Gasteiger partial charge is 0.341 e. The minimum atomic E-state index is -0.473. The number of ether oxygens (including phenoxy) is 3. The van der Waals surface area contributed by atoms with Crippen molar-refractivity contribution in [1.82, 2.24) is 9.88 Å². The fourth-order valence-corrected chi connectivity index (χ4v) is 3.62. The van der Waals surface area contributed by atoms with Crippen molar-refractivity contribution >= 4 is 28.5 Å². The van der Waals surface area contributed by atoms with E-state index in [-0.39, 0.29) is 18.6 Å². The van der Waals surface area contributed by atoms with Gasteiger partial charge in [-0.2, -0.15) is 0 Å². The van der Waals surface area contributed by atoms with Crippen molar-refractivity contribution in [3.63, 3.8) is 0 Å². The minimum absolute atomic E-state index is 0.105. The normalized spacial score (nSPS) is 14.8. The number of hydrogen-bond donors (Lipinski definition) is 1. The van der Waals surface area contributed by atoms with E-state index in [1.165, 1.54) is 6.20 Å². The van der Waals surface area contributed by atoms with Crippen molar-refractivity contribution < 1.29 is 23.8 Å². The number of nitrogens with zero attached hydrogens (tertiary/aromatic N) is 2. The topological polar surface area (TPSA) is 90.0 Å². The molecule has 1 N–H and O–H groups in total. The van der Waals surface area contributed by atoms with Gasteiger partial charge in [-0.3, -0.25) is 9.78 Å². The maximum atomic E-state index is 12.6. The molecule has 2 aromatic rings. The number of carbonyl (C=O) groups excluding carboxylic acids is 2. The Bertz CT molecular complexity index is 915. The first-order valence-corrected chi connectivity index (χ1v) is 9.75. The molecule has 1 fully saturated rings. The molecule has 0 spiro atoms. The van der Waals surface area contributed by atoms with Gasteiger partial charge in [0.1, 0.15) is 22.6 Å². The first-order valence-electron chi connectivity index (χ1n) is 9.75. The SMILES string of the molecule is CCOC(=O)c1cnc2c(OC)ccc(OC)c2c1NC(C)CN1CCCC1=O. The van der Waals surface area contributed by atoms with Gasteiger partial charge in [-0.25, -0.2) is 4.79 Å². The molecule has 29 heavy (non-hydrogen) atoms. The van der Waals surface area contributed by atoms with Gasteiger partial charge < -0.3 is 24.4 Å². The lowest BCUT2D eigenvalue weighted by Gasteiger charge is -2.25. The summed E-state index contributed by atoms with van der Waals surface area (Å²) in [5.41, 5.74) is 1.45. The molecule has 1 saturated heterocycles. The Balaban J connectivity index is 2.08. The number of anilines is 1. The molecule has 1 aliphatic heterocycles. The zero-order chi connectivity index (χ0) is 21.0. The van der Waals surface area contributed by atoms with Crippen molar-refractivity contribution in [2.45, 2.75) is 32.7 Å². The van der Waals surface area contributed by atoms with Crippen LogP contribution in [-0.4, -0.2) is 61.7 Å². The molecular formula is C21H27N3O5. The Labute approximate surface area is 170 Å². The number of likely N-dealkylation sites (tertiary alicyclic amines) is 1. The Hall–Kier alpha value is -3.03. The molecule has 1 aromatic carbocycles. The third kappa shape index (κ3) is 4.21. The van der Waals surface area contributed by atoms with Crippen molar-refractivity contribution in [1.29, 1.82) is 0 Å². The van der Waals surface area contributed by atoms with Crippen LogP contribution in [0.15, 0.2) is 18.3 Å². The Kier molecular flexibility index (Phi) is 6.41. The average molecular weight is 401 g/mol. The number of benzene rings is 1. The lowest BCUT2D eigenvalue weighted by atomic mass is 10.1. The van der Waals surface area contributed by atoms with Gasteiger partial charge in [0.25, 0.3) is 0 Å².